The van der Waals surface area contributed by atoms with E-state index in [4.69, 9.17) is 19.3 Å². The molecule has 8 aliphatic rings. The van der Waals surface area contributed by atoms with Gasteiger partial charge in [0.25, 0.3) is 0 Å². The summed E-state index contributed by atoms with van der Waals surface area (Å²) in [7, 11) is 0. The highest BCUT2D eigenvalue weighted by Gasteiger charge is 2.80. The van der Waals surface area contributed by atoms with E-state index in [2.05, 4.69) is 26.1 Å². The van der Waals surface area contributed by atoms with Crippen molar-refractivity contribution in [2.24, 2.45) is 51.2 Å². The van der Waals surface area contributed by atoms with Crippen molar-refractivity contribution in [2.45, 2.75) is 129 Å². The van der Waals surface area contributed by atoms with Crippen LogP contribution in [-0.4, -0.2) is 79.3 Å². The first-order valence-electron chi connectivity index (χ1n) is 18.2. The van der Waals surface area contributed by atoms with Crippen LogP contribution in [0, 0.1) is 51.2 Å². The Balaban J connectivity index is 0.930. The van der Waals surface area contributed by atoms with Gasteiger partial charge in [0.05, 0.1) is 38.0 Å². The molecule has 6 saturated carbocycles. The predicted molar refractivity (Wildman–Crippen MR) is 165 cm³/mol. The van der Waals surface area contributed by atoms with Crippen molar-refractivity contribution in [3.63, 3.8) is 0 Å². The quantitative estimate of drug-likeness (QED) is 0.387. The SMILES string of the molecule is CC12CC[C@@]34CC35CC[C@H](OC3CN(C(=O)CC6CC6)CCO3)C(C)(C)C5CCC4C1CC1OC(CNCC(=O)O)CCC12. The number of fused-ring (bicyclic) bond motifs is 4. The molecular formula is C36H56N2O6. The van der Waals surface area contributed by atoms with Crippen LogP contribution in [0.1, 0.15) is 104 Å². The largest absolute Gasteiger partial charge is 0.480 e. The molecule has 246 valence electrons. The molecule has 2 heterocycles. The molecule has 0 radical (unpaired) electrons. The van der Waals surface area contributed by atoms with E-state index in [9.17, 15) is 9.59 Å². The fourth-order valence-corrected chi connectivity index (χ4v) is 12.8. The molecule has 9 unspecified atom stereocenters. The van der Waals surface area contributed by atoms with Gasteiger partial charge in [0.15, 0.2) is 6.29 Å². The number of rotatable bonds is 8. The average molecular weight is 613 g/mol. The minimum absolute atomic E-state index is 0.0105. The van der Waals surface area contributed by atoms with Crippen LogP contribution in [0.3, 0.4) is 0 Å². The molecule has 44 heavy (non-hydrogen) atoms. The van der Waals surface area contributed by atoms with E-state index in [0.29, 0.717) is 72.8 Å². The molecule has 2 saturated heterocycles. The average Bonchev–Trinajstić information content (AvgIpc) is 3.90. The second kappa shape index (κ2) is 10.6. The van der Waals surface area contributed by atoms with Gasteiger partial charge in [0.1, 0.15) is 0 Å². The molecule has 2 aliphatic heterocycles. The van der Waals surface area contributed by atoms with E-state index >= 15 is 0 Å². The molecule has 0 bridgehead atoms. The fraction of sp³-hybridized carbons (Fsp3) is 0.944. The fourth-order valence-electron chi connectivity index (χ4n) is 12.8. The van der Waals surface area contributed by atoms with Crippen molar-refractivity contribution in [3.8, 4) is 0 Å². The molecule has 2 spiro atoms. The summed E-state index contributed by atoms with van der Waals surface area (Å²) in [5.41, 5.74) is 1.46. The highest BCUT2D eigenvalue weighted by molar-refractivity contribution is 5.76. The molecule has 0 aromatic rings. The Morgan fingerprint density at radius 1 is 0.955 bits per heavy atom. The van der Waals surface area contributed by atoms with Gasteiger partial charge in [-0.05, 0) is 128 Å². The summed E-state index contributed by atoms with van der Waals surface area (Å²) in [4.78, 5) is 25.8. The molecule has 0 aromatic heterocycles. The molecule has 0 aromatic carbocycles. The van der Waals surface area contributed by atoms with E-state index in [1.165, 1.54) is 64.2 Å². The summed E-state index contributed by atoms with van der Waals surface area (Å²) < 4.78 is 19.7. The minimum atomic E-state index is -0.800. The van der Waals surface area contributed by atoms with E-state index in [1.54, 1.807) is 0 Å². The van der Waals surface area contributed by atoms with Crippen LogP contribution in [0.5, 0.6) is 0 Å². The van der Waals surface area contributed by atoms with Gasteiger partial charge in [0.2, 0.25) is 5.91 Å². The summed E-state index contributed by atoms with van der Waals surface area (Å²) in [6.07, 6.45) is 16.1. The number of nitrogens with one attached hydrogen (secondary N) is 1. The van der Waals surface area contributed by atoms with Crippen LogP contribution in [0.2, 0.25) is 0 Å². The molecular weight excluding hydrogens is 556 g/mol. The molecule has 8 heteroatoms. The van der Waals surface area contributed by atoms with Crippen molar-refractivity contribution in [2.75, 3.05) is 32.8 Å². The van der Waals surface area contributed by atoms with Crippen LogP contribution >= 0.6 is 0 Å². The van der Waals surface area contributed by atoms with Gasteiger partial charge in [-0.1, -0.05) is 20.8 Å². The van der Waals surface area contributed by atoms with Crippen molar-refractivity contribution in [1.29, 1.82) is 0 Å². The first kappa shape index (κ1) is 30.1. The number of morpholine rings is 1. The minimum Gasteiger partial charge on any atom is -0.480 e. The zero-order valence-corrected chi connectivity index (χ0v) is 27.4. The normalized spacial score (nSPS) is 48.8. The van der Waals surface area contributed by atoms with Crippen LogP contribution in [0.25, 0.3) is 0 Å². The highest BCUT2D eigenvalue weighted by atomic mass is 16.7. The summed E-state index contributed by atoms with van der Waals surface area (Å²) in [5, 5.41) is 12.1. The summed E-state index contributed by atoms with van der Waals surface area (Å²) in [6.45, 7) is 10.1. The van der Waals surface area contributed by atoms with Gasteiger partial charge in [-0.15, -0.1) is 0 Å². The Kier molecular flexibility index (Phi) is 7.29. The second-order valence-corrected chi connectivity index (χ2v) is 17.4. The van der Waals surface area contributed by atoms with E-state index < -0.39 is 5.97 Å². The summed E-state index contributed by atoms with van der Waals surface area (Å²) in [5.74, 6) is 3.01. The number of carbonyl (C=O) groups is 2. The number of hydrogen-bond acceptors (Lipinski definition) is 6. The Labute approximate surface area is 263 Å². The lowest BCUT2D eigenvalue weighted by Crippen LogP contribution is -2.56. The first-order chi connectivity index (χ1) is 21.1. The van der Waals surface area contributed by atoms with Crippen molar-refractivity contribution in [1.82, 2.24) is 10.2 Å². The maximum Gasteiger partial charge on any atom is 0.317 e. The number of ether oxygens (including phenoxy) is 3. The van der Waals surface area contributed by atoms with Gasteiger partial charge in [-0.3, -0.25) is 9.59 Å². The van der Waals surface area contributed by atoms with Gasteiger partial charge >= 0.3 is 5.97 Å². The molecule has 8 nitrogen and oxygen atoms in total. The molecule has 2 N–H and O–H groups in total. The van der Waals surface area contributed by atoms with Crippen LogP contribution in [0.15, 0.2) is 0 Å². The standard InChI is InChI=1S/C36H56N2O6/c1-33(2)28-9-8-24-26-17-27-25(7-6-23(43-27)18-37-19-31(40)41)34(26,3)12-13-35(24)21-36(28,35)11-10-29(33)44-32-20-38(14-15-42-32)30(39)16-22-4-5-22/h22-29,32,37H,4-21H2,1-3H3,(H,40,41)/t23?,24?,25?,26?,27?,28?,29-,32?,34?,35-,36?/m0/s1. The Hall–Kier alpha value is -1.22. The molecule has 8 rings (SSSR count). The zero-order valence-electron chi connectivity index (χ0n) is 27.4. The number of amides is 1. The van der Waals surface area contributed by atoms with E-state index in [0.717, 1.165) is 24.7 Å². The summed E-state index contributed by atoms with van der Waals surface area (Å²) in [6, 6.07) is 0. The molecule has 8 fully saturated rings. The number of hydrogen-bond donors (Lipinski definition) is 2. The monoisotopic (exact) mass is 612 g/mol. The predicted octanol–water partition coefficient (Wildman–Crippen LogP) is 5.24. The lowest BCUT2D eigenvalue weighted by atomic mass is 9.46. The number of nitrogens with zero attached hydrogens (tertiary/aromatic N) is 1. The Morgan fingerprint density at radius 3 is 2.57 bits per heavy atom. The maximum atomic E-state index is 12.8. The maximum absolute atomic E-state index is 12.8. The lowest BCUT2D eigenvalue weighted by molar-refractivity contribution is -0.244. The van der Waals surface area contributed by atoms with Crippen molar-refractivity contribution < 1.29 is 28.9 Å². The van der Waals surface area contributed by atoms with Crippen LogP contribution in [-0.2, 0) is 23.8 Å². The first-order valence-corrected chi connectivity index (χ1v) is 18.2. The third kappa shape index (κ3) is 4.65. The smallest absolute Gasteiger partial charge is 0.317 e. The number of carboxylic acids is 1. The third-order valence-corrected chi connectivity index (χ3v) is 15.1. The Morgan fingerprint density at radius 2 is 1.77 bits per heavy atom. The van der Waals surface area contributed by atoms with Gasteiger partial charge < -0.3 is 29.5 Å². The highest BCUT2D eigenvalue weighted by Crippen LogP contribution is 2.87. The van der Waals surface area contributed by atoms with Crippen LogP contribution in [0.4, 0.5) is 0 Å². The molecule has 6 aliphatic carbocycles. The number of carbonyl (C=O) groups excluding carboxylic acids is 1. The molecule has 1 amide bonds. The Bertz CT molecular complexity index is 1160. The zero-order chi connectivity index (χ0) is 30.5. The number of carboxylic acid groups (broad SMARTS) is 1. The van der Waals surface area contributed by atoms with Crippen LogP contribution < -0.4 is 5.32 Å². The van der Waals surface area contributed by atoms with Crippen molar-refractivity contribution >= 4 is 11.9 Å². The second-order valence-electron chi connectivity index (χ2n) is 17.4. The molecule has 11 atom stereocenters. The third-order valence-electron chi connectivity index (χ3n) is 15.1. The van der Waals surface area contributed by atoms with Crippen molar-refractivity contribution in [3.05, 3.63) is 0 Å². The lowest BCUT2D eigenvalue weighted by Gasteiger charge is -2.60. The van der Waals surface area contributed by atoms with Gasteiger partial charge in [-0.2, -0.15) is 0 Å². The van der Waals surface area contributed by atoms with E-state index in [1.807, 2.05) is 4.90 Å². The van der Waals surface area contributed by atoms with Gasteiger partial charge in [0, 0.05) is 19.5 Å². The summed E-state index contributed by atoms with van der Waals surface area (Å²) >= 11 is 0. The topological polar surface area (TPSA) is 97.3 Å². The van der Waals surface area contributed by atoms with Gasteiger partial charge in [-0.25, -0.2) is 0 Å². The van der Waals surface area contributed by atoms with E-state index in [-0.39, 0.29) is 36.4 Å². The number of aliphatic carboxylic acids is 1.